The van der Waals surface area contributed by atoms with Gasteiger partial charge in [-0.2, -0.15) is 13.2 Å². The first-order valence-corrected chi connectivity index (χ1v) is 4.86. The summed E-state index contributed by atoms with van der Waals surface area (Å²) in [5.74, 6) is 0.123. The van der Waals surface area contributed by atoms with E-state index in [1.165, 1.54) is 12.3 Å². The van der Waals surface area contributed by atoms with Crippen LogP contribution in [0.4, 0.5) is 13.2 Å². The summed E-state index contributed by atoms with van der Waals surface area (Å²) in [6.07, 6.45) is -3.03. The number of alkyl halides is 3. The van der Waals surface area contributed by atoms with Crippen LogP contribution >= 0.6 is 0 Å². The molecule has 0 saturated carbocycles. The van der Waals surface area contributed by atoms with Gasteiger partial charge in [-0.1, -0.05) is 6.92 Å². The maximum atomic E-state index is 11.8. The molecule has 3 nitrogen and oxygen atoms in total. The monoisotopic (exact) mass is 234 g/mol. The molecule has 0 aliphatic rings. The van der Waals surface area contributed by atoms with E-state index < -0.39 is 12.8 Å². The SMILES string of the molecule is CCNCc1ccc(OCC(F)(F)F)cn1. The van der Waals surface area contributed by atoms with E-state index in [1.54, 1.807) is 6.07 Å². The van der Waals surface area contributed by atoms with Gasteiger partial charge in [0.1, 0.15) is 5.75 Å². The molecule has 0 fully saturated rings. The van der Waals surface area contributed by atoms with E-state index in [0.29, 0.717) is 6.54 Å². The van der Waals surface area contributed by atoms with Crippen LogP contribution in [0.2, 0.25) is 0 Å². The molecule has 0 aliphatic carbocycles. The van der Waals surface area contributed by atoms with Gasteiger partial charge in [0.05, 0.1) is 11.9 Å². The second-order valence-electron chi connectivity index (χ2n) is 3.17. The Morgan fingerprint density at radius 1 is 1.38 bits per heavy atom. The zero-order chi connectivity index (χ0) is 12.0. The minimum absolute atomic E-state index is 0.123. The molecule has 0 radical (unpaired) electrons. The molecular weight excluding hydrogens is 221 g/mol. The lowest BCUT2D eigenvalue weighted by Gasteiger charge is -2.09. The van der Waals surface area contributed by atoms with Crippen molar-refractivity contribution < 1.29 is 17.9 Å². The summed E-state index contributed by atoms with van der Waals surface area (Å²) in [6, 6.07) is 3.11. The third kappa shape index (κ3) is 4.97. The van der Waals surface area contributed by atoms with Crippen molar-refractivity contribution in [1.29, 1.82) is 0 Å². The first kappa shape index (κ1) is 12.8. The topological polar surface area (TPSA) is 34.1 Å². The average Bonchev–Trinajstić information content (AvgIpc) is 2.24. The number of pyridine rings is 1. The van der Waals surface area contributed by atoms with Gasteiger partial charge in [-0.25, -0.2) is 0 Å². The normalized spacial score (nSPS) is 11.5. The van der Waals surface area contributed by atoms with Gasteiger partial charge >= 0.3 is 6.18 Å². The molecule has 1 N–H and O–H groups in total. The number of ether oxygens (including phenoxy) is 1. The number of halogens is 3. The molecule has 1 aromatic heterocycles. The molecule has 1 aromatic rings. The van der Waals surface area contributed by atoms with E-state index in [4.69, 9.17) is 0 Å². The van der Waals surface area contributed by atoms with Gasteiger partial charge in [-0.05, 0) is 18.7 Å². The fourth-order valence-electron chi connectivity index (χ4n) is 1.02. The van der Waals surface area contributed by atoms with Crippen LogP contribution in [0.5, 0.6) is 5.75 Å². The van der Waals surface area contributed by atoms with Crippen LogP contribution in [0.25, 0.3) is 0 Å². The molecule has 0 bridgehead atoms. The number of hydrogen-bond donors (Lipinski definition) is 1. The molecule has 1 rings (SSSR count). The quantitative estimate of drug-likeness (QED) is 0.847. The fraction of sp³-hybridized carbons (Fsp3) is 0.500. The lowest BCUT2D eigenvalue weighted by atomic mass is 10.3. The Morgan fingerprint density at radius 2 is 2.12 bits per heavy atom. The van der Waals surface area contributed by atoms with E-state index in [1.807, 2.05) is 6.92 Å². The molecule has 0 aliphatic heterocycles. The Hall–Kier alpha value is -1.30. The van der Waals surface area contributed by atoms with E-state index in [2.05, 4.69) is 15.0 Å². The number of rotatable bonds is 5. The molecule has 0 spiro atoms. The number of hydrogen-bond acceptors (Lipinski definition) is 3. The third-order valence-electron chi connectivity index (χ3n) is 1.76. The van der Waals surface area contributed by atoms with Gasteiger partial charge in [0.15, 0.2) is 6.61 Å². The first-order chi connectivity index (χ1) is 7.51. The van der Waals surface area contributed by atoms with E-state index in [9.17, 15) is 13.2 Å². The van der Waals surface area contributed by atoms with Gasteiger partial charge in [-0.3, -0.25) is 4.98 Å². The van der Waals surface area contributed by atoms with E-state index in [-0.39, 0.29) is 5.75 Å². The predicted octanol–water partition coefficient (Wildman–Crippen LogP) is 2.13. The van der Waals surface area contributed by atoms with Gasteiger partial charge in [-0.15, -0.1) is 0 Å². The molecular formula is C10H13F3N2O. The van der Waals surface area contributed by atoms with Crippen LogP contribution in [0, 0.1) is 0 Å². The summed E-state index contributed by atoms with van der Waals surface area (Å²) in [6.45, 7) is 2.08. The molecule has 0 aromatic carbocycles. The minimum atomic E-state index is -4.32. The van der Waals surface area contributed by atoms with Gasteiger partial charge in [0, 0.05) is 6.54 Å². The van der Waals surface area contributed by atoms with Crippen molar-refractivity contribution in [1.82, 2.24) is 10.3 Å². The Morgan fingerprint density at radius 3 is 2.62 bits per heavy atom. The standard InChI is InChI=1S/C10H13F3N2O/c1-2-14-5-8-3-4-9(6-15-8)16-7-10(11,12)13/h3-4,6,14H,2,5,7H2,1H3. The Bertz CT molecular complexity index is 311. The van der Waals surface area contributed by atoms with E-state index in [0.717, 1.165) is 12.2 Å². The minimum Gasteiger partial charge on any atom is -0.483 e. The maximum absolute atomic E-state index is 11.8. The second-order valence-corrected chi connectivity index (χ2v) is 3.17. The lowest BCUT2D eigenvalue weighted by molar-refractivity contribution is -0.153. The average molecular weight is 234 g/mol. The van der Waals surface area contributed by atoms with Crippen LogP contribution in [0.15, 0.2) is 18.3 Å². The Kier molecular flexibility index (Phi) is 4.54. The molecule has 0 amide bonds. The van der Waals surface area contributed by atoms with Crippen molar-refractivity contribution >= 4 is 0 Å². The highest BCUT2D eigenvalue weighted by atomic mass is 19.4. The molecule has 0 unspecified atom stereocenters. The van der Waals surface area contributed by atoms with Crippen LogP contribution in [-0.4, -0.2) is 24.3 Å². The van der Waals surface area contributed by atoms with Crippen LogP contribution in [0.3, 0.4) is 0 Å². The molecule has 0 atom stereocenters. The number of nitrogens with zero attached hydrogens (tertiary/aromatic N) is 1. The van der Waals surface area contributed by atoms with Crippen molar-refractivity contribution in [2.45, 2.75) is 19.6 Å². The summed E-state index contributed by atoms with van der Waals surface area (Å²) in [5.41, 5.74) is 0.765. The zero-order valence-corrected chi connectivity index (χ0v) is 8.84. The highest BCUT2D eigenvalue weighted by molar-refractivity contribution is 5.19. The third-order valence-corrected chi connectivity index (χ3v) is 1.76. The molecule has 90 valence electrons. The van der Waals surface area contributed by atoms with Crippen molar-refractivity contribution in [3.63, 3.8) is 0 Å². The van der Waals surface area contributed by atoms with E-state index >= 15 is 0 Å². The largest absolute Gasteiger partial charge is 0.483 e. The van der Waals surface area contributed by atoms with Crippen molar-refractivity contribution in [3.05, 3.63) is 24.0 Å². The molecule has 0 saturated heterocycles. The maximum Gasteiger partial charge on any atom is 0.422 e. The van der Waals surface area contributed by atoms with Gasteiger partial charge in [0.25, 0.3) is 0 Å². The summed E-state index contributed by atoms with van der Waals surface area (Å²) in [4.78, 5) is 3.96. The summed E-state index contributed by atoms with van der Waals surface area (Å²) >= 11 is 0. The van der Waals surface area contributed by atoms with Crippen molar-refractivity contribution in [2.75, 3.05) is 13.2 Å². The Labute approximate surface area is 91.6 Å². The highest BCUT2D eigenvalue weighted by Crippen LogP contribution is 2.17. The summed E-state index contributed by atoms with van der Waals surface area (Å²) in [5, 5.41) is 3.06. The molecule has 16 heavy (non-hydrogen) atoms. The lowest BCUT2D eigenvalue weighted by Crippen LogP contribution is -2.19. The molecule has 1 heterocycles. The fourth-order valence-corrected chi connectivity index (χ4v) is 1.02. The summed E-state index contributed by atoms with van der Waals surface area (Å²) < 4.78 is 40.0. The van der Waals surface area contributed by atoms with Crippen LogP contribution in [0.1, 0.15) is 12.6 Å². The van der Waals surface area contributed by atoms with Crippen molar-refractivity contribution in [3.8, 4) is 5.75 Å². The van der Waals surface area contributed by atoms with Gasteiger partial charge in [0.2, 0.25) is 0 Å². The smallest absolute Gasteiger partial charge is 0.422 e. The number of aromatic nitrogens is 1. The zero-order valence-electron chi connectivity index (χ0n) is 8.84. The summed E-state index contributed by atoms with van der Waals surface area (Å²) in [7, 11) is 0. The Balaban J connectivity index is 2.45. The van der Waals surface area contributed by atoms with Crippen LogP contribution < -0.4 is 10.1 Å². The van der Waals surface area contributed by atoms with Crippen molar-refractivity contribution in [2.24, 2.45) is 0 Å². The predicted molar refractivity (Wildman–Crippen MR) is 53.2 cm³/mol. The number of nitrogens with one attached hydrogen (secondary N) is 1. The van der Waals surface area contributed by atoms with Gasteiger partial charge < -0.3 is 10.1 Å². The van der Waals surface area contributed by atoms with Crippen LogP contribution in [-0.2, 0) is 6.54 Å². The molecule has 6 heteroatoms. The first-order valence-electron chi connectivity index (χ1n) is 4.86. The highest BCUT2D eigenvalue weighted by Gasteiger charge is 2.28. The second kappa shape index (κ2) is 5.69.